The van der Waals surface area contributed by atoms with Crippen molar-refractivity contribution in [3.8, 4) is 0 Å². The Labute approximate surface area is 134 Å². The van der Waals surface area contributed by atoms with Gasteiger partial charge in [-0.2, -0.15) is 0 Å². The Hall–Kier alpha value is -1.46. The van der Waals surface area contributed by atoms with Crippen molar-refractivity contribution in [2.75, 3.05) is 0 Å². The molecular weight excluding hydrogens is 313 g/mol. The molecule has 1 amide bonds. The summed E-state index contributed by atoms with van der Waals surface area (Å²) in [6.07, 6.45) is 1.18. The number of carbonyl (C=O) groups is 1. The molecule has 0 unspecified atom stereocenters. The lowest BCUT2D eigenvalue weighted by atomic mass is 9.91. The number of amides is 1. The fourth-order valence-corrected chi connectivity index (χ4v) is 2.42. The van der Waals surface area contributed by atoms with Crippen LogP contribution in [-0.2, 0) is 11.2 Å². The second-order valence-electron chi connectivity index (χ2n) is 4.75. The molecule has 21 heavy (non-hydrogen) atoms. The van der Waals surface area contributed by atoms with Crippen molar-refractivity contribution in [2.45, 2.75) is 38.6 Å². The van der Waals surface area contributed by atoms with E-state index in [0.717, 1.165) is 5.56 Å². The molecule has 1 aromatic rings. The van der Waals surface area contributed by atoms with Gasteiger partial charge in [-0.1, -0.05) is 48.3 Å². The van der Waals surface area contributed by atoms with Gasteiger partial charge in [-0.15, -0.1) is 0 Å². The molecule has 0 spiro atoms. The maximum Gasteiger partial charge on any atom is 0.225 e. The number of oxime groups is 1. The Morgan fingerprint density at radius 1 is 1.33 bits per heavy atom. The summed E-state index contributed by atoms with van der Waals surface area (Å²) in [5, 5.41) is 15.6. The summed E-state index contributed by atoms with van der Waals surface area (Å²) >= 11 is 11.8. The smallest absolute Gasteiger partial charge is 0.225 e. The van der Waals surface area contributed by atoms with E-state index >= 15 is 0 Å². The first kappa shape index (κ1) is 17.6. The van der Waals surface area contributed by atoms with Gasteiger partial charge in [0, 0.05) is 0 Å². The van der Waals surface area contributed by atoms with Gasteiger partial charge in [-0.25, -0.2) is 0 Å². The third-order valence-corrected chi connectivity index (χ3v) is 4.27. The highest BCUT2D eigenvalue weighted by molar-refractivity contribution is 6.42. The SMILES string of the molecule is CCC(CC)(NC(=O)Cc1ccc(Cl)c(Cl)c1)C(N)=NO. The van der Waals surface area contributed by atoms with Crippen LogP contribution in [0, 0.1) is 0 Å². The molecule has 0 heterocycles. The average molecular weight is 332 g/mol. The first-order valence-corrected chi connectivity index (χ1v) is 7.37. The number of carbonyl (C=O) groups excluding carboxylic acids is 1. The van der Waals surface area contributed by atoms with Crippen LogP contribution in [0.1, 0.15) is 32.3 Å². The predicted molar refractivity (Wildman–Crippen MR) is 85.0 cm³/mol. The molecule has 7 heteroatoms. The number of nitrogens with two attached hydrogens (primary N) is 1. The van der Waals surface area contributed by atoms with Crippen LogP contribution in [0.5, 0.6) is 0 Å². The number of halogens is 2. The van der Waals surface area contributed by atoms with Gasteiger partial charge in [-0.3, -0.25) is 4.79 Å². The molecular formula is C14H19Cl2N3O2. The topological polar surface area (TPSA) is 87.7 Å². The van der Waals surface area contributed by atoms with Gasteiger partial charge in [0.1, 0.15) is 5.54 Å². The van der Waals surface area contributed by atoms with Gasteiger partial charge in [-0.05, 0) is 30.5 Å². The largest absolute Gasteiger partial charge is 0.409 e. The summed E-state index contributed by atoms with van der Waals surface area (Å²) in [7, 11) is 0. The Morgan fingerprint density at radius 3 is 2.43 bits per heavy atom. The zero-order valence-electron chi connectivity index (χ0n) is 12.0. The fourth-order valence-electron chi connectivity index (χ4n) is 2.09. The minimum absolute atomic E-state index is 0.00464. The highest BCUT2D eigenvalue weighted by Gasteiger charge is 2.33. The van der Waals surface area contributed by atoms with Crippen LogP contribution in [0.15, 0.2) is 23.4 Å². The number of nitrogens with zero attached hydrogens (tertiary/aromatic N) is 1. The average Bonchev–Trinajstić information content (AvgIpc) is 2.47. The van der Waals surface area contributed by atoms with E-state index in [4.69, 9.17) is 34.1 Å². The van der Waals surface area contributed by atoms with Crippen LogP contribution in [0.3, 0.4) is 0 Å². The molecule has 0 aliphatic carbocycles. The molecule has 116 valence electrons. The molecule has 5 nitrogen and oxygen atoms in total. The Bertz CT molecular complexity index is 543. The molecule has 0 aromatic heterocycles. The number of benzene rings is 1. The van der Waals surface area contributed by atoms with Crippen molar-refractivity contribution < 1.29 is 10.0 Å². The lowest BCUT2D eigenvalue weighted by molar-refractivity contribution is -0.121. The van der Waals surface area contributed by atoms with E-state index in [1.54, 1.807) is 18.2 Å². The summed E-state index contributed by atoms with van der Waals surface area (Å²) in [5.74, 6) is -0.237. The van der Waals surface area contributed by atoms with Gasteiger partial charge in [0.05, 0.1) is 16.5 Å². The van der Waals surface area contributed by atoms with E-state index in [0.29, 0.717) is 22.9 Å². The number of hydrogen-bond donors (Lipinski definition) is 3. The number of hydrogen-bond acceptors (Lipinski definition) is 3. The molecule has 0 bridgehead atoms. The zero-order valence-corrected chi connectivity index (χ0v) is 13.5. The van der Waals surface area contributed by atoms with Crippen LogP contribution in [0.4, 0.5) is 0 Å². The minimum atomic E-state index is -0.845. The zero-order chi connectivity index (χ0) is 16.0. The third kappa shape index (κ3) is 4.25. The first-order chi connectivity index (χ1) is 9.88. The predicted octanol–water partition coefficient (Wildman–Crippen LogP) is 2.96. The quantitative estimate of drug-likeness (QED) is 0.324. The standard InChI is InChI=1S/C14H19Cl2N3O2/c1-3-14(4-2,13(17)19-21)18-12(20)8-9-5-6-10(15)11(16)7-9/h5-7,21H,3-4,8H2,1-2H3,(H2,17,19)(H,18,20). The van der Waals surface area contributed by atoms with E-state index < -0.39 is 5.54 Å². The lowest BCUT2D eigenvalue weighted by Gasteiger charge is -2.31. The normalized spacial score (nSPS) is 12.3. The Kier molecular flexibility index (Phi) is 6.30. The molecule has 0 saturated heterocycles. The second-order valence-corrected chi connectivity index (χ2v) is 5.56. The van der Waals surface area contributed by atoms with Gasteiger partial charge < -0.3 is 16.3 Å². The van der Waals surface area contributed by atoms with Crippen LogP contribution < -0.4 is 11.1 Å². The first-order valence-electron chi connectivity index (χ1n) is 6.61. The molecule has 0 fully saturated rings. The molecule has 0 atom stereocenters. The highest BCUT2D eigenvalue weighted by atomic mass is 35.5. The van der Waals surface area contributed by atoms with Crippen molar-refractivity contribution >= 4 is 34.9 Å². The van der Waals surface area contributed by atoms with E-state index in [1.165, 1.54) is 0 Å². The van der Waals surface area contributed by atoms with Crippen LogP contribution in [-0.4, -0.2) is 22.5 Å². The van der Waals surface area contributed by atoms with E-state index in [2.05, 4.69) is 10.5 Å². The van der Waals surface area contributed by atoms with Crippen LogP contribution in [0.25, 0.3) is 0 Å². The van der Waals surface area contributed by atoms with E-state index in [-0.39, 0.29) is 18.2 Å². The maximum atomic E-state index is 12.2. The Morgan fingerprint density at radius 2 is 1.95 bits per heavy atom. The lowest BCUT2D eigenvalue weighted by Crippen LogP contribution is -2.57. The van der Waals surface area contributed by atoms with Gasteiger partial charge >= 0.3 is 0 Å². The van der Waals surface area contributed by atoms with Crippen LogP contribution >= 0.6 is 23.2 Å². The molecule has 0 aliphatic heterocycles. The van der Waals surface area contributed by atoms with Crippen molar-refractivity contribution in [2.24, 2.45) is 10.9 Å². The highest BCUT2D eigenvalue weighted by Crippen LogP contribution is 2.23. The van der Waals surface area contributed by atoms with Gasteiger partial charge in [0.25, 0.3) is 0 Å². The molecule has 4 N–H and O–H groups in total. The fraction of sp³-hybridized carbons (Fsp3) is 0.429. The number of nitrogens with one attached hydrogen (secondary N) is 1. The number of amidine groups is 1. The molecule has 1 rings (SSSR count). The Balaban J connectivity index is 2.86. The van der Waals surface area contributed by atoms with Gasteiger partial charge in [0.2, 0.25) is 5.91 Å². The summed E-state index contributed by atoms with van der Waals surface area (Å²) in [6, 6.07) is 5.02. The van der Waals surface area contributed by atoms with E-state index in [9.17, 15) is 4.79 Å². The van der Waals surface area contributed by atoms with Crippen molar-refractivity contribution in [1.82, 2.24) is 5.32 Å². The van der Waals surface area contributed by atoms with Crippen molar-refractivity contribution in [3.05, 3.63) is 33.8 Å². The summed E-state index contributed by atoms with van der Waals surface area (Å²) in [4.78, 5) is 12.2. The summed E-state index contributed by atoms with van der Waals surface area (Å²) in [6.45, 7) is 3.72. The molecule has 0 radical (unpaired) electrons. The maximum absolute atomic E-state index is 12.2. The molecule has 1 aromatic carbocycles. The molecule has 0 aliphatic rings. The minimum Gasteiger partial charge on any atom is -0.409 e. The molecule has 0 saturated carbocycles. The summed E-state index contributed by atoms with van der Waals surface area (Å²) in [5.41, 5.74) is 5.60. The number of rotatable bonds is 6. The van der Waals surface area contributed by atoms with Gasteiger partial charge in [0.15, 0.2) is 5.84 Å². The third-order valence-electron chi connectivity index (χ3n) is 3.53. The van der Waals surface area contributed by atoms with Crippen LogP contribution in [0.2, 0.25) is 10.0 Å². The van der Waals surface area contributed by atoms with Crippen molar-refractivity contribution in [1.29, 1.82) is 0 Å². The monoisotopic (exact) mass is 331 g/mol. The second kappa shape index (κ2) is 7.52. The van der Waals surface area contributed by atoms with Crippen molar-refractivity contribution in [3.63, 3.8) is 0 Å². The van der Waals surface area contributed by atoms with E-state index in [1.807, 2.05) is 13.8 Å². The summed E-state index contributed by atoms with van der Waals surface area (Å²) < 4.78 is 0.